The summed E-state index contributed by atoms with van der Waals surface area (Å²) >= 11 is 0. The molecule has 1 aromatic rings. The first-order chi connectivity index (χ1) is 5.47. The summed E-state index contributed by atoms with van der Waals surface area (Å²) in [5.74, 6) is 0.408. The fourth-order valence-corrected chi connectivity index (χ4v) is 0.811. The van der Waals surface area contributed by atoms with Crippen molar-refractivity contribution in [3.63, 3.8) is 0 Å². The third-order valence-electron chi connectivity index (χ3n) is 1.51. The van der Waals surface area contributed by atoms with Crippen molar-refractivity contribution >= 4 is 5.82 Å². The lowest BCUT2D eigenvalue weighted by Crippen LogP contribution is -2.21. The van der Waals surface area contributed by atoms with Gasteiger partial charge < -0.3 is 10.8 Å². The highest BCUT2D eigenvalue weighted by Crippen LogP contribution is 2.08. The monoisotopic (exact) mass is 170 g/mol. The Labute approximate surface area is 71.2 Å². The maximum Gasteiger partial charge on any atom is 0.165 e. The second-order valence-electron chi connectivity index (χ2n) is 3.47. The lowest BCUT2D eigenvalue weighted by atomic mass is 10.1. The zero-order valence-electron chi connectivity index (χ0n) is 7.36. The molecule has 0 atom stereocenters. The number of aromatic nitrogens is 3. The van der Waals surface area contributed by atoms with E-state index in [0.29, 0.717) is 18.8 Å². The van der Waals surface area contributed by atoms with Gasteiger partial charge in [0.2, 0.25) is 0 Å². The first-order valence-corrected chi connectivity index (χ1v) is 3.85. The molecular formula is C7H14N4O. The van der Waals surface area contributed by atoms with Crippen LogP contribution in [0, 0.1) is 0 Å². The van der Waals surface area contributed by atoms with E-state index in [4.69, 9.17) is 5.73 Å². The molecule has 0 unspecified atom stereocenters. The number of aryl methyl sites for hydroxylation is 1. The van der Waals surface area contributed by atoms with Crippen LogP contribution < -0.4 is 5.73 Å². The van der Waals surface area contributed by atoms with Gasteiger partial charge in [0.25, 0.3) is 0 Å². The van der Waals surface area contributed by atoms with Crippen LogP contribution in [0.3, 0.4) is 0 Å². The quantitative estimate of drug-likeness (QED) is 0.670. The topological polar surface area (TPSA) is 77.0 Å². The molecule has 0 radical (unpaired) electrons. The van der Waals surface area contributed by atoms with Gasteiger partial charge in [0, 0.05) is 6.54 Å². The van der Waals surface area contributed by atoms with Crippen molar-refractivity contribution in [2.24, 2.45) is 0 Å². The Kier molecular flexibility index (Phi) is 2.32. The summed E-state index contributed by atoms with van der Waals surface area (Å²) in [5, 5.41) is 16.8. The maximum atomic E-state index is 9.39. The summed E-state index contributed by atoms with van der Waals surface area (Å²) in [6.45, 7) is 4.15. The van der Waals surface area contributed by atoms with Crippen molar-refractivity contribution in [1.29, 1.82) is 0 Å². The number of rotatable bonds is 3. The zero-order chi connectivity index (χ0) is 9.19. The molecule has 1 rings (SSSR count). The number of nitrogens with two attached hydrogens (primary N) is 1. The molecular weight excluding hydrogens is 156 g/mol. The number of anilines is 1. The zero-order valence-corrected chi connectivity index (χ0v) is 7.36. The Morgan fingerprint density at radius 1 is 1.67 bits per heavy atom. The number of aliphatic hydroxyl groups is 1. The van der Waals surface area contributed by atoms with Gasteiger partial charge in [-0.25, -0.2) is 0 Å². The molecule has 0 aliphatic carbocycles. The predicted octanol–water partition coefficient (Wildman–Crippen LogP) is 0.0213. The van der Waals surface area contributed by atoms with Crippen LogP contribution in [-0.4, -0.2) is 25.7 Å². The molecule has 12 heavy (non-hydrogen) atoms. The van der Waals surface area contributed by atoms with Crippen LogP contribution in [0.1, 0.15) is 20.3 Å². The molecule has 68 valence electrons. The van der Waals surface area contributed by atoms with Crippen molar-refractivity contribution in [3.8, 4) is 0 Å². The Morgan fingerprint density at radius 3 is 2.75 bits per heavy atom. The van der Waals surface area contributed by atoms with Crippen molar-refractivity contribution in [3.05, 3.63) is 6.20 Å². The molecule has 0 saturated carbocycles. The summed E-state index contributed by atoms with van der Waals surface area (Å²) in [7, 11) is 0. The highest BCUT2D eigenvalue weighted by atomic mass is 16.3. The van der Waals surface area contributed by atoms with Crippen LogP contribution in [-0.2, 0) is 6.54 Å². The average Bonchev–Trinajstić information content (AvgIpc) is 2.30. The Hall–Kier alpha value is -1.10. The fraction of sp³-hybridized carbons (Fsp3) is 0.714. The molecule has 5 nitrogen and oxygen atoms in total. The number of hydrogen-bond donors (Lipinski definition) is 2. The number of hydrogen-bond acceptors (Lipinski definition) is 4. The van der Waals surface area contributed by atoms with Crippen LogP contribution in [0.5, 0.6) is 0 Å². The minimum absolute atomic E-state index is 0.408. The van der Waals surface area contributed by atoms with Crippen LogP contribution in [0.25, 0.3) is 0 Å². The van der Waals surface area contributed by atoms with Crippen LogP contribution in [0.4, 0.5) is 5.82 Å². The summed E-state index contributed by atoms with van der Waals surface area (Å²) in [5.41, 5.74) is 4.70. The number of nitrogens with zero attached hydrogens (tertiary/aromatic N) is 3. The van der Waals surface area contributed by atoms with E-state index in [1.165, 1.54) is 0 Å². The Morgan fingerprint density at radius 2 is 2.33 bits per heavy atom. The highest BCUT2D eigenvalue weighted by molar-refractivity contribution is 5.19. The van der Waals surface area contributed by atoms with Crippen molar-refractivity contribution < 1.29 is 5.11 Å². The van der Waals surface area contributed by atoms with Gasteiger partial charge >= 0.3 is 0 Å². The second kappa shape index (κ2) is 3.10. The van der Waals surface area contributed by atoms with E-state index in [-0.39, 0.29) is 0 Å². The van der Waals surface area contributed by atoms with E-state index >= 15 is 0 Å². The number of nitrogen functional groups attached to an aromatic ring is 1. The summed E-state index contributed by atoms with van der Waals surface area (Å²) in [6.07, 6.45) is 2.28. The van der Waals surface area contributed by atoms with Gasteiger partial charge in [-0.2, -0.15) is 0 Å². The van der Waals surface area contributed by atoms with Gasteiger partial charge in [-0.3, -0.25) is 4.68 Å². The van der Waals surface area contributed by atoms with E-state index in [9.17, 15) is 5.11 Å². The van der Waals surface area contributed by atoms with Gasteiger partial charge in [-0.15, -0.1) is 5.10 Å². The Balaban J connectivity index is 2.44. The van der Waals surface area contributed by atoms with Crippen LogP contribution >= 0.6 is 0 Å². The standard InChI is InChI=1S/C7H14N4O/c1-7(2,12)3-4-11-5-6(8)9-10-11/h5,12H,3-4,8H2,1-2H3. The fourth-order valence-electron chi connectivity index (χ4n) is 0.811. The van der Waals surface area contributed by atoms with E-state index in [0.717, 1.165) is 0 Å². The second-order valence-corrected chi connectivity index (χ2v) is 3.47. The maximum absolute atomic E-state index is 9.39. The Bertz CT molecular complexity index is 250. The molecule has 0 bridgehead atoms. The third-order valence-corrected chi connectivity index (χ3v) is 1.51. The van der Waals surface area contributed by atoms with Crippen molar-refractivity contribution in [2.75, 3.05) is 5.73 Å². The molecule has 5 heteroatoms. The minimum atomic E-state index is -0.666. The van der Waals surface area contributed by atoms with Gasteiger partial charge in [0.05, 0.1) is 11.8 Å². The minimum Gasteiger partial charge on any atom is -0.390 e. The SMILES string of the molecule is CC(C)(O)CCn1cc(N)nn1. The largest absolute Gasteiger partial charge is 0.390 e. The third kappa shape index (κ3) is 2.87. The predicted molar refractivity (Wildman–Crippen MR) is 45.3 cm³/mol. The molecule has 0 amide bonds. The lowest BCUT2D eigenvalue weighted by Gasteiger charge is -2.15. The molecule has 0 aromatic carbocycles. The van der Waals surface area contributed by atoms with Crippen LogP contribution in [0.15, 0.2) is 6.20 Å². The molecule has 0 saturated heterocycles. The van der Waals surface area contributed by atoms with E-state index in [1.54, 1.807) is 24.7 Å². The normalized spacial score (nSPS) is 11.9. The highest BCUT2D eigenvalue weighted by Gasteiger charge is 2.12. The van der Waals surface area contributed by atoms with Crippen molar-refractivity contribution in [2.45, 2.75) is 32.4 Å². The average molecular weight is 170 g/mol. The molecule has 0 fully saturated rings. The molecule has 1 aromatic heterocycles. The summed E-state index contributed by atoms with van der Waals surface area (Å²) in [4.78, 5) is 0. The molecule has 1 heterocycles. The van der Waals surface area contributed by atoms with Gasteiger partial charge in [0.15, 0.2) is 5.82 Å². The van der Waals surface area contributed by atoms with Gasteiger partial charge in [0.1, 0.15) is 0 Å². The van der Waals surface area contributed by atoms with E-state index in [2.05, 4.69) is 10.3 Å². The first-order valence-electron chi connectivity index (χ1n) is 3.85. The van der Waals surface area contributed by atoms with Gasteiger partial charge in [-0.05, 0) is 20.3 Å². The van der Waals surface area contributed by atoms with E-state index in [1.807, 2.05) is 0 Å². The van der Waals surface area contributed by atoms with E-state index < -0.39 is 5.60 Å². The van der Waals surface area contributed by atoms with Crippen LogP contribution in [0.2, 0.25) is 0 Å². The summed E-state index contributed by atoms with van der Waals surface area (Å²) < 4.78 is 1.62. The first kappa shape index (κ1) is 8.99. The lowest BCUT2D eigenvalue weighted by molar-refractivity contribution is 0.0649. The molecule has 3 N–H and O–H groups in total. The van der Waals surface area contributed by atoms with Crippen molar-refractivity contribution in [1.82, 2.24) is 15.0 Å². The van der Waals surface area contributed by atoms with Gasteiger partial charge in [-0.1, -0.05) is 5.21 Å². The summed E-state index contributed by atoms with van der Waals surface area (Å²) in [6, 6.07) is 0. The molecule has 0 aliphatic heterocycles. The molecule has 0 aliphatic rings. The molecule has 0 spiro atoms. The smallest absolute Gasteiger partial charge is 0.165 e.